The second-order valence-corrected chi connectivity index (χ2v) is 7.07. The molecule has 1 aliphatic rings. The first-order valence-corrected chi connectivity index (χ1v) is 9.76. The number of hydrogen-bond acceptors (Lipinski definition) is 8. The Bertz CT molecular complexity index is 1040. The van der Waals surface area contributed by atoms with Crippen molar-refractivity contribution in [1.82, 2.24) is 20.2 Å². The van der Waals surface area contributed by atoms with Crippen molar-refractivity contribution in [2.75, 3.05) is 25.5 Å². The Morgan fingerprint density at radius 2 is 2.07 bits per heavy atom. The van der Waals surface area contributed by atoms with Crippen LogP contribution in [-0.4, -0.2) is 40.4 Å². The van der Waals surface area contributed by atoms with Gasteiger partial charge in [-0.1, -0.05) is 30.0 Å². The number of nitrogen functional groups attached to an aromatic ring is 1. The predicted molar refractivity (Wildman–Crippen MR) is 107 cm³/mol. The van der Waals surface area contributed by atoms with E-state index in [-0.39, 0.29) is 18.5 Å². The molecule has 0 aliphatic carbocycles. The third-order valence-corrected chi connectivity index (χ3v) is 5.21. The van der Waals surface area contributed by atoms with E-state index in [1.165, 1.54) is 16.4 Å². The summed E-state index contributed by atoms with van der Waals surface area (Å²) in [5.41, 5.74) is 1.65. The van der Waals surface area contributed by atoms with Gasteiger partial charge in [0.1, 0.15) is 5.75 Å². The molecule has 2 heterocycles. The van der Waals surface area contributed by atoms with Crippen molar-refractivity contribution >= 4 is 17.7 Å². The summed E-state index contributed by atoms with van der Waals surface area (Å²) in [6.07, 6.45) is 0. The summed E-state index contributed by atoms with van der Waals surface area (Å²) >= 11 is 1.21. The molecule has 1 amide bonds. The molecule has 3 aromatic rings. The summed E-state index contributed by atoms with van der Waals surface area (Å²) in [6, 6.07) is 13.0. The van der Waals surface area contributed by atoms with E-state index in [9.17, 15) is 4.79 Å². The number of benzene rings is 2. The van der Waals surface area contributed by atoms with Gasteiger partial charge in [-0.15, -0.1) is 10.2 Å². The van der Waals surface area contributed by atoms with Crippen LogP contribution in [-0.2, 0) is 11.3 Å². The van der Waals surface area contributed by atoms with Crippen molar-refractivity contribution in [3.05, 3.63) is 48.0 Å². The van der Waals surface area contributed by atoms with Gasteiger partial charge in [0, 0.05) is 6.54 Å². The molecule has 0 saturated carbocycles. The Morgan fingerprint density at radius 3 is 2.93 bits per heavy atom. The molecule has 9 nitrogen and oxygen atoms in total. The molecular weight excluding hydrogens is 394 g/mol. The van der Waals surface area contributed by atoms with Crippen LogP contribution in [0.2, 0.25) is 0 Å². The Morgan fingerprint density at radius 1 is 1.24 bits per heavy atom. The molecule has 0 bridgehead atoms. The van der Waals surface area contributed by atoms with Crippen LogP contribution in [0.25, 0.3) is 11.4 Å². The van der Waals surface area contributed by atoms with Gasteiger partial charge in [0.15, 0.2) is 17.3 Å². The van der Waals surface area contributed by atoms with E-state index in [0.717, 1.165) is 11.1 Å². The normalized spacial score (nSPS) is 12.0. The fourth-order valence-corrected chi connectivity index (χ4v) is 3.51. The summed E-state index contributed by atoms with van der Waals surface area (Å²) < 4.78 is 17.3. The number of thioether (sulfide) groups is 1. The number of hydrogen-bond donors (Lipinski definition) is 2. The monoisotopic (exact) mass is 413 g/mol. The molecule has 0 fully saturated rings. The fraction of sp³-hybridized carbons (Fsp3) is 0.211. The minimum absolute atomic E-state index is 0.144. The van der Waals surface area contributed by atoms with E-state index in [1.807, 2.05) is 42.5 Å². The van der Waals surface area contributed by atoms with Crippen LogP contribution in [0.5, 0.6) is 17.2 Å². The van der Waals surface area contributed by atoms with Crippen LogP contribution < -0.4 is 25.4 Å². The van der Waals surface area contributed by atoms with Gasteiger partial charge in [0.05, 0.1) is 18.4 Å². The summed E-state index contributed by atoms with van der Waals surface area (Å²) in [5.74, 6) is 8.64. The zero-order valence-corrected chi connectivity index (χ0v) is 16.4. The predicted octanol–water partition coefficient (Wildman–Crippen LogP) is 1.80. The number of aromatic nitrogens is 3. The number of nitrogens with zero attached hydrogens (tertiary/aromatic N) is 3. The van der Waals surface area contributed by atoms with Gasteiger partial charge in [-0.2, -0.15) is 0 Å². The first-order valence-electron chi connectivity index (χ1n) is 8.77. The Kier molecular flexibility index (Phi) is 5.43. The van der Waals surface area contributed by atoms with E-state index < -0.39 is 0 Å². The molecule has 29 heavy (non-hydrogen) atoms. The van der Waals surface area contributed by atoms with Crippen molar-refractivity contribution < 1.29 is 19.0 Å². The smallest absolute Gasteiger partial charge is 0.231 e. The van der Waals surface area contributed by atoms with E-state index >= 15 is 0 Å². The highest BCUT2D eigenvalue weighted by atomic mass is 32.2. The van der Waals surface area contributed by atoms with Gasteiger partial charge >= 0.3 is 0 Å². The van der Waals surface area contributed by atoms with E-state index in [4.69, 9.17) is 20.1 Å². The first kappa shape index (κ1) is 18.9. The number of amides is 1. The highest BCUT2D eigenvalue weighted by Crippen LogP contribution is 2.32. The molecule has 150 valence electrons. The largest absolute Gasteiger partial charge is 0.496 e. The SMILES string of the molecule is COc1ccccc1-c1nnc(SCC(=O)NCc2ccc3c(c2)OCO3)n1N. The maximum absolute atomic E-state index is 12.2. The molecule has 2 aromatic carbocycles. The maximum atomic E-state index is 12.2. The van der Waals surface area contributed by atoms with Crippen LogP contribution in [0.4, 0.5) is 0 Å². The summed E-state index contributed by atoms with van der Waals surface area (Å²) in [5, 5.41) is 11.5. The van der Waals surface area contributed by atoms with Crippen LogP contribution in [0.1, 0.15) is 5.56 Å². The van der Waals surface area contributed by atoms with Gasteiger partial charge < -0.3 is 25.4 Å². The van der Waals surface area contributed by atoms with Crippen LogP contribution >= 0.6 is 11.8 Å². The van der Waals surface area contributed by atoms with E-state index in [1.54, 1.807) is 7.11 Å². The van der Waals surface area contributed by atoms with Gasteiger partial charge in [0.25, 0.3) is 0 Å². The maximum Gasteiger partial charge on any atom is 0.231 e. The second kappa shape index (κ2) is 8.31. The quantitative estimate of drug-likeness (QED) is 0.445. The zero-order valence-electron chi connectivity index (χ0n) is 15.6. The fourth-order valence-electron chi connectivity index (χ4n) is 2.82. The summed E-state index contributed by atoms with van der Waals surface area (Å²) in [7, 11) is 1.58. The lowest BCUT2D eigenvalue weighted by atomic mass is 10.2. The lowest BCUT2D eigenvalue weighted by Crippen LogP contribution is -2.25. The number of para-hydroxylation sites is 1. The zero-order chi connectivity index (χ0) is 20.2. The highest BCUT2D eigenvalue weighted by molar-refractivity contribution is 7.99. The number of nitrogens with one attached hydrogen (secondary N) is 1. The number of carbonyl (C=O) groups is 1. The topological polar surface area (TPSA) is 114 Å². The van der Waals surface area contributed by atoms with Gasteiger partial charge in [-0.25, -0.2) is 4.68 Å². The van der Waals surface area contributed by atoms with Crippen molar-refractivity contribution in [3.63, 3.8) is 0 Å². The third kappa shape index (κ3) is 4.06. The average molecular weight is 413 g/mol. The highest BCUT2D eigenvalue weighted by Gasteiger charge is 2.17. The molecular formula is C19H19N5O4S. The average Bonchev–Trinajstić information content (AvgIpc) is 3.36. The second-order valence-electron chi connectivity index (χ2n) is 6.13. The number of methoxy groups -OCH3 is 1. The Hall–Kier alpha value is -3.40. The Balaban J connectivity index is 1.34. The van der Waals surface area contributed by atoms with Gasteiger partial charge in [-0.05, 0) is 29.8 Å². The molecule has 3 N–H and O–H groups in total. The van der Waals surface area contributed by atoms with Crippen LogP contribution in [0, 0.1) is 0 Å². The van der Waals surface area contributed by atoms with Crippen molar-refractivity contribution in [3.8, 4) is 28.6 Å². The number of rotatable bonds is 7. The lowest BCUT2D eigenvalue weighted by Gasteiger charge is -2.08. The van der Waals surface area contributed by atoms with Crippen LogP contribution in [0.15, 0.2) is 47.6 Å². The molecule has 4 rings (SSSR count). The standard InChI is InChI=1S/C19H19N5O4S/c1-26-14-5-3-2-4-13(14)18-22-23-19(24(18)20)29-10-17(25)21-9-12-6-7-15-16(8-12)28-11-27-15/h2-8H,9-11,20H2,1H3,(H,21,25). The molecule has 10 heteroatoms. The summed E-state index contributed by atoms with van der Waals surface area (Å²) in [4.78, 5) is 12.2. The van der Waals surface area contributed by atoms with Gasteiger partial charge in [0.2, 0.25) is 17.9 Å². The number of ether oxygens (including phenoxy) is 3. The van der Waals surface area contributed by atoms with Crippen LogP contribution in [0.3, 0.4) is 0 Å². The van der Waals surface area contributed by atoms with E-state index in [2.05, 4.69) is 15.5 Å². The molecule has 0 spiro atoms. The number of carbonyl (C=O) groups excluding carboxylic acids is 1. The molecule has 1 aliphatic heterocycles. The lowest BCUT2D eigenvalue weighted by molar-refractivity contribution is -0.118. The number of fused-ring (bicyclic) bond motifs is 1. The van der Waals surface area contributed by atoms with Crippen molar-refractivity contribution in [2.45, 2.75) is 11.7 Å². The Labute approximate surface area is 171 Å². The minimum atomic E-state index is -0.144. The summed E-state index contributed by atoms with van der Waals surface area (Å²) in [6.45, 7) is 0.607. The molecule has 0 atom stereocenters. The molecule has 1 aromatic heterocycles. The molecule has 0 saturated heterocycles. The molecule has 0 unspecified atom stereocenters. The minimum Gasteiger partial charge on any atom is -0.496 e. The van der Waals surface area contributed by atoms with Crippen molar-refractivity contribution in [1.29, 1.82) is 0 Å². The number of nitrogens with two attached hydrogens (primary N) is 1. The first-order chi connectivity index (χ1) is 14.2. The third-order valence-electron chi connectivity index (χ3n) is 4.27. The van der Waals surface area contributed by atoms with Crippen molar-refractivity contribution in [2.24, 2.45) is 0 Å². The molecule has 0 radical (unpaired) electrons. The van der Waals surface area contributed by atoms with Gasteiger partial charge in [-0.3, -0.25) is 4.79 Å². The van der Waals surface area contributed by atoms with E-state index in [0.29, 0.717) is 34.8 Å².